The third-order valence-electron chi connectivity index (χ3n) is 2.99. The van der Waals surface area contributed by atoms with E-state index in [-0.39, 0.29) is 12.1 Å². The molecule has 1 aromatic heterocycles. The molecule has 0 bridgehead atoms. The number of pyridine rings is 1. The van der Waals surface area contributed by atoms with Crippen molar-refractivity contribution in [3.63, 3.8) is 0 Å². The zero-order chi connectivity index (χ0) is 13.2. The molecule has 4 N–H and O–H groups in total. The summed E-state index contributed by atoms with van der Waals surface area (Å²) in [5.74, 6) is 1.59. The number of nitrogens with one attached hydrogen (secondary N) is 1. The fourth-order valence-corrected chi connectivity index (χ4v) is 1.63. The molecule has 2 rings (SSSR count). The first kappa shape index (κ1) is 13.0. The smallest absolute Gasteiger partial charge is 0.239 e. The van der Waals surface area contributed by atoms with Gasteiger partial charge < -0.3 is 20.9 Å². The third-order valence-corrected chi connectivity index (χ3v) is 2.99. The minimum Gasteiger partial charge on any atom is -0.476 e. The van der Waals surface area contributed by atoms with Crippen LogP contribution in [-0.4, -0.2) is 28.8 Å². The Kier molecular flexibility index (Phi) is 3.61. The molecule has 0 saturated heterocycles. The van der Waals surface area contributed by atoms with Crippen LogP contribution in [0.3, 0.4) is 0 Å². The highest BCUT2D eigenvalue weighted by atomic mass is 16.5. The Morgan fingerprint density at radius 3 is 2.78 bits per heavy atom. The molecule has 1 aliphatic rings. The number of hydrogen-bond donors (Lipinski definition) is 3. The first-order chi connectivity index (χ1) is 8.54. The van der Waals surface area contributed by atoms with Crippen molar-refractivity contribution in [3.05, 3.63) is 12.1 Å². The van der Waals surface area contributed by atoms with Gasteiger partial charge in [0.2, 0.25) is 5.88 Å². The van der Waals surface area contributed by atoms with E-state index in [0.29, 0.717) is 29.9 Å². The van der Waals surface area contributed by atoms with Crippen LogP contribution in [0.2, 0.25) is 0 Å². The second kappa shape index (κ2) is 5.02. The van der Waals surface area contributed by atoms with Crippen LogP contribution in [0.1, 0.15) is 26.7 Å². The quantitative estimate of drug-likeness (QED) is 0.716. The number of hydrogen-bond acceptors (Lipinski definition) is 5. The molecule has 18 heavy (non-hydrogen) atoms. The van der Waals surface area contributed by atoms with Gasteiger partial charge in [-0.05, 0) is 30.9 Å². The average Bonchev–Trinajstić information content (AvgIpc) is 3.10. The molecule has 0 unspecified atom stereocenters. The largest absolute Gasteiger partial charge is 0.476 e. The van der Waals surface area contributed by atoms with Gasteiger partial charge in [-0.2, -0.15) is 4.98 Å². The minimum absolute atomic E-state index is 0.126. The zero-order valence-electron chi connectivity index (χ0n) is 10.9. The van der Waals surface area contributed by atoms with Gasteiger partial charge in [-0.1, -0.05) is 13.8 Å². The Morgan fingerprint density at radius 1 is 1.50 bits per heavy atom. The van der Waals surface area contributed by atoms with Crippen LogP contribution in [-0.2, 0) is 0 Å². The maximum atomic E-state index is 9.27. The van der Waals surface area contributed by atoms with Crippen LogP contribution in [0.4, 0.5) is 11.5 Å². The number of aromatic nitrogens is 1. The number of ether oxygens (including phenoxy) is 1. The number of nitrogens with zero attached hydrogens (tertiary/aromatic N) is 1. The predicted molar refractivity (Wildman–Crippen MR) is 71.7 cm³/mol. The second-order valence-electron chi connectivity index (χ2n) is 5.36. The normalized spacial score (nSPS) is 16.7. The van der Waals surface area contributed by atoms with Gasteiger partial charge in [0.15, 0.2) is 0 Å². The SMILES string of the molecule is CC(C)COc1nc(NC2(CO)CC2)ccc1N. The molecule has 1 aromatic rings. The summed E-state index contributed by atoms with van der Waals surface area (Å²) in [7, 11) is 0. The first-order valence-corrected chi connectivity index (χ1v) is 6.33. The number of nitrogens with two attached hydrogens (primary N) is 1. The molecular formula is C13H21N3O2. The Bertz CT molecular complexity index is 417. The molecule has 1 heterocycles. The van der Waals surface area contributed by atoms with E-state index in [9.17, 15) is 5.11 Å². The monoisotopic (exact) mass is 251 g/mol. The van der Waals surface area contributed by atoms with Crippen LogP contribution < -0.4 is 15.8 Å². The van der Waals surface area contributed by atoms with E-state index < -0.39 is 0 Å². The molecule has 1 fully saturated rings. The van der Waals surface area contributed by atoms with E-state index in [1.54, 1.807) is 6.07 Å². The molecule has 0 atom stereocenters. The van der Waals surface area contributed by atoms with E-state index in [4.69, 9.17) is 10.5 Å². The fourth-order valence-electron chi connectivity index (χ4n) is 1.63. The summed E-state index contributed by atoms with van der Waals surface area (Å²) in [5.41, 5.74) is 6.18. The summed E-state index contributed by atoms with van der Waals surface area (Å²) in [5, 5.41) is 12.5. The Morgan fingerprint density at radius 2 is 2.22 bits per heavy atom. The van der Waals surface area contributed by atoms with E-state index in [2.05, 4.69) is 24.1 Å². The van der Waals surface area contributed by atoms with Crippen LogP contribution in [0, 0.1) is 5.92 Å². The Balaban J connectivity index is 2.06. The number of rotatable bonds is 6. The number of anilines is 2. The summed E-state index contributed by atoms with van der Waals surface area (Å²) < 4.78 is 5.57. The lowest BCUT2D eigenvalue weighted by Gasteiger charge is -2.16. The van der Waals surface area contributed by atoms with Gasteiger partial charge in [0.25, 0.3) is 0 Å². The van der Waals surface area contributed by atoms with Crippen LogP contribution in [0.15, 0.2) is 12.1 Å². The molecule has 0 aliphatic heterocycles. The van der Waals surface area contributed by atoms with Crippen molar-refractivity contribution in [3.8, 4) is 5.88 Å². The van der Waals surface area contributed by atoms with Gasteiger partial charge in [-0.3, -0.25) is 0 Å². The molecule has 0 spiro atoms. The van der Waals surface area contributed by atoms with Crippen LogP contribution in [0.5, 0.6) is 5.88 Å². The molecule has 5 heteroatoms. The topological polar surface area (TPSA) is 80.4 Å². The highest BCUT2D eigenvalue weighted by Gasteiger charge is 2.42. The zero-order valence-corrected chi connectivity index (χ0v) is 10.9. The van der Waals surface area contributed by atoms with E-state index in [1.165, 1.54) is 0 Å². The summed E-state index contributed by atoms with van der Waals surface area (Å²) >= 11 is 0. The minimum atomic E-state index is -0.182. The second-order valence-corrected chi connectivity index (χ2v) is 5.36. The number of aliphatic hydroxyl groups is 1. The van der Waals surface area contributed by atoms with Crippen molar-refractivity contribution in [1.29, 1.82) is 0 Å². The standard InChI is InChI=1S/C13H21N3O2/c1-9(2)7-18-12-10(14)3-4-11(15-12)16-13(8-17)5-6-13/h3-4,9,17H,5-8,14H2,1-2H3,(H,15,16). The summed E-state index contributed by atoms with van der Waals surface area (Å²) in [4.78, 5) is 4.35. The molecule has 0 amide bonds. The lowest BCUT2D eigenvalue weighted by molar-refractivity contribution is 0.260. The summed E-state index contributed by atoms with van der Waals surface area (Å²) in [6.45, 7) is 4.86. The lowest BCUT2D eigenvalue weighted by Crippen LogP contribution is -2.26. The molecule has 1 saturated carbocycles. The van der Waals surface area contributed by atoms with Gasteiger partial charge in [0.1, 0.15) is 5.82 Å². The van der Waals surface area contributed by atoms with Gasteiger partial charge in [0, 0.05) is 0 Å². The average molecular weight is 251 g/mol. The van der Waals surface area contributed by atoms with Gasteiger partial charge in [-0.15, -0.1) is 0 Å². The van der Waals surface area contributed by atoms with Crippen molar-refractivity contribution in [2.75, 3.05) is 24.3 Å². The van der Waals surface area contributed by atoms with Crippen molar-refractivity contribution in [1.82, 2.24) is 4.98 Å². The maximum absolute atomic E-state index is 9.27. The van der Waals surface area contributed by atoms with Crippen LogP contribution in [0.25, 0.3) is 0 Å². The molecule has 5 nitrogen and oxygen atoms in total. The van der Waals surface area contributed by atoms with Crippen molar-refractivity contribution in [2.45, 2.75) is 32.2 Å². The highest BCUT2D eigenvalue weighted by molar-refractivity contribution is 5.54. The van der Waals surface area contributed by atoms with Crippen molar-refractivity contribution >= 4 is 11.5 Å². The molecule has 100 valence electrons. The van der Waals surface area contributed by atoms with Gasteiger partial charge in [-0.25, -0.2) is 0 Å². The summed E-state index contributed by atoms with van der Waals surface area (Å²) in [6, 6.07) is 3.59. The maximum Gasteiger partial charge on any atom is 0.239 e. The first-order valence-electron chi connectivity index (χ1n) is 6.33. The highest BCUT2D eigenvalue weighted by Crippen LogP contribution is 2.38. The molecule has 0 radical (unpaired) electrons. The molecule has 0 aromatic carbocycles. The van der Waals surface area contributed by atoms with E-state index >= 15 is 0 Å². The van der Waals surface area contributed by atoms with E-state index in [0.717, 1.165) is 12.8 Å². The number of aliphatic hydroxyl groups excluding tert-OH is 1. The third kappa shape index (κ3) is 3.04. The fraction of sp³-hybridized carbons (Fsp3) is 0.615. The molecular weight excluding hydrogens is 230 g/mol. The Labute approximate surface area is 107 Å². The number of nitrogen functional groups attached to an aromatic ring is 1. The van der Waals surface area contributed by atoms with Crippen molar-refractivity contribution < 1.29 is 9.84 Å². The van der Waals surface area contributed by atoms with Gasteiger partial charge in [0.05, 0.1) is 24.4 Å². The van der Waals surface area contributed by atoms with Crippen molar-refractivity contribution in [2.24, 2.45) is 5.92 Å². The van der Waals surface area contributed by atoms with Crippen LogP contribution >= 0.6 is 0 Å². The summed E-state index contributed by atoms with van der Waals surface area (Å²) in [6.07, 6.45) is 1.94. The van der Waals surface area contributed by atoms with Gasteiger partial charge >= 0.3 is 0 Å². The lowest BCUT2D eigenvalue weighted by atomic mass is 10.2. The molecule has 1 aliphatic carbocycles. The van der Waals surface area contributed by atoms with E-state index in [1.807, 2.05) is 6.07 Å². The Hall–Kier alpha value is -1.49. The predicted octanol–water partition coefficient (Wildman–Crippen LogP) is 1.64.